The SMILES string of the molecule is CSCn1cc(-c2nccc([C@@]34CC[C@@H](c5cc(-c6c(F)cccc6F)nnc53)C4(C)C)n2)cn1. The first-order chi connectivity index (χ1) is 16.9. The Morgan fingerprint density at radius 2 is 1.94 bits per heavy atom. The van der Waals surface area contributed by atoms with Crippen LogP contribution in [0.2, 0.25) is 0 Å². The molecule has 3 heterocycles. The smallest absolute Gasteiger partial charge is 0.162 e. The van der Waals surface area contributed by atoms with Gasteiger partial charge in [0.05, 0.1) is 45.7 Å². The average Bonchev–Trinajstić information content (AvgIpc) is 3.47. The zero-order chi connectivity index (χ0) is 24.4. The van der Waals surface area contributed by atoms with Gasteiger partial charge in [0.15, 0.2) is 5.82 Å². The van der Waals surface area contributed by atoms with E-state index in [0.29, 0.717) is 5.82 Å². The predicted octanol–water partition coefficient (Wildman–Crippen LogP) is 5.60. The number of benzene rings is 1. The maximum atomic E-state index is 14.5. The summed E-state index contributed by atoms with van der Waals surface area (Å²) in [6, 6.07) is 7.63. The average molecular weight is 491 g/mol. The van der Waals surface area contributed by atoms with Gasteiger partial charge in [0.2, 0.25) is 0 Å². The maximum absolute atomic E-state index is 14.5. The molecule has 9 heteroatoms. The Morgan fingerprint density at radius 1 is 1.14 bits per heavy atom. The van der Waals surface area contributed by atoms with Crippen molar-refractivity contribution in [2.24, 2.45) is 5.41 Å². The van der Waals surface area contributed by atoms with Gasteiger partial charge in [0.25, 0.3) is 0 Å². The Kier molecular flexibility index (Phi) is 5.03. The van der Waals surface area contributed by atoms with Crippen LogP contribution < -0.4 is 0 Å². The van der Waals surface area contributed by atoms with Gasteiger partial charge in [0, 0.05) is 12.4 Å². The monoisotopic (exact) mass is 490 g/mol. The van der Waals surface area contributed by atoms with Crippen molar-refractivity contribution in [3.63, 3.8) is 0 Å². The van der Waals surface area contributed by atoms with Gasteiger partial charge in [0.1, 0.15) is 11.6 Å². The number of rotatable bonds is 5. The number of fused-ring (bicyclic) bond motifs is 5. The largest absolute Gasteiger partial charge is 0.262 e. The highest BCUT2D eigenvalue weighted by molar-refractivity contribution is 7.97. The third kappa shape index (κ3) is 3.10. The van der Waals surface area contributed by atoms with Crippen LogP contribution in [0.3, 0.4) is 0 Å². The number of aromatic nitrogens is 6. The minimum Gasteiger partial charge on any atom is -0.262 e. The summed E-state index contributed by atoms with van der Waals surface area (Å²) in [5.74, 6) is 0.281. The molecule has 0 spiro atoms. The van der Waals surface area contributed by atoms with Crippen LogP contribution in [0.1, 0.15) is 49.6 Å². The van der Waals surface area contributed by atoms with Crippen molar-refractivity contribution >= 4 is 11.8 Å². The minimum absolute atomic E-state index is 0.135. The molecule has 6 nitrogen and oxygen atoms in total. The van der Waals surface area contributed by atoms with Crippen molar-refractivity contribution in [1.82, 2.24) is 29.9 Å². The second kappa shape index (κ2) is 7.91. The summed E-state index contributed by atoms with van der Waals surface area (Å²) in [6.45, 7) is 4.46. The second-order valence-electron chi connectivity index (χ2n) is 9.80. The second-order valence-corrected chi connectivity index (χ2v) is 10.6. The molecule has 178 valence electrons. The van der Waals surface area contributed by atoms with Crippen LogP contribution >= 0.6 is 11.8 Å². The molecule has 0 amide bonds. The first-order valence-corrected chi connectivity index (χ1v) is 12.9. The first kappa shape index (κ1) is 22.3. The van der Waals surface area contributed by atoms with Gasteiger partial charge in [-0.25, -0.2) is 18.7 Å². The molecule has 2 aliphatic carbocycles. The molecule has 2 atom stereocenters. The van der Waals surface area contributed by atoms with Crippen molar-refractivity contribution in [3.8, 4) is 22.6 Å². The number of nitrogens with zero attached hydrogens (tertiary/aromatic N) is 6. The van der Waals surface area contributed by atoms with E-state index in [1.807, 2.05) is 29.3 Å². The predicted molar refractivity (Wildman–Crippen MR) is 131 cm³/mol. The molecular formula is C26H24F2N6S. The van der Waals surface area contributed by atoms with E-state index in [-0.39, 0.29) is 22.6 Å². The summed E-state index contributed by atoms with van der Waals surface area (Å²) in [7, 11) is 0. The fraction of sp³-hybridized carbons (Fsp3) is 0.346. The quantitative estimate of drug-likeness (QED) is 0.363. The fourth-order valence-corrected chi connectivity index (χ4v) is 6.58. The molecule has 4 aromatic rings. The molecule has 3 aromatic heterocycles. The lowest BCUT2D eigenvalue weighted by atomic mass is 9.66. The Labute approximate surface area is 206 Å². The van der Waals surface area contributed by atoms with Crippen LogP contribution in [0.15, 0.2) is 48.9 Å². The van der Waals surface area contributed by atoms with Crippen LogP contribution in [-0.4, -0.2) is 36.2 Å². The molecule has 0 N–H and O–H groups in total. The van der Waals surface area contributed by atoms with Gasteiger partial charge in [-0.1, -0.05) is 19.9 Å². The van der Waals surface area contributed by atoms with Gasteiger partial charge in [-0.3, -0.25) is 4.68 Å². The third-order valence-electron chi connectivity index (χ3n) is 7.85. The molecule has 0 radical (unpaired) electrons. The van der Waals surface area contributed by atoms with Gasteiger partial charge >= 0.3 is 0 Å². The van der Waals surface area contributed by atoms with Crippen molar-refractivity contribution in [2.75, 3.05) is 6.26 Å². The zero-order valence-corrected chi connectivity index (χ0v) is 20.5. The first-order valence-electron chi connectivity index (χ1n) is 11.5. The van der Waals surface area contributed by atoms with E-state index >= 15 is 0 Å². The Balaban J connectivity index is 1.48. The molecule has 1 saturated carbocycles. The molecule has 6 rings (SSSR count). The van der Waals surface area contributed by atoms with Crippen LogP contribution in [0.5, 0.6) is 0 Å². The third-order valence-corrected chi connectivity index (χ3v) is 8.37. The highest BCUT2D eigenvalue weighted by Gasteiger charge is 2.65. The van der Waals surface area contributed by atoms with E-state index in [1.54, 1.807) is 24.2 Å². The van der Waals surface area contributed by atoms with E-state index in [0.717, 1.165) is 41.2 Å². The molecule has 0 saturated heterocycles. The summed E-state index contributed by atoms with van der Waals surface area (Å²) in [4.78, 5) is 9.53. The Morgan fingerprint density at radius 3 is 2.71 bits per heavy atom. The highest BCUT2D eigenvalue weighted by atomic mass is 32.2. The van der Waals surface area contributed by atoms with Crippen LogP contribution in [-0.2, 0) is 11.3 Å². The van der Waals surface area contributed by atoms with E-state index in [1.165, 1.54) is 18.2 Å². The Hall–Kier alpha value is -3.20. The molecule has 1 fully saturated rings. The topological polar surface area (TPSA) is 69.4 Å². The van der Waals surface area contributed by atoms with Crippen molar-refractivity contribution < 1.29 is 8.78 Å². The summed E-state index contributed by atoms with van der Waals surface area (Å²) in [5.41, 5.74) is 3.03. The van der Waals surface area contributed by atoms with Gasteiger partial charge in [-0.2, -0.15) is 10.2 Å². The lowest BCUT2D eigenvalue weighted by Crippen LogP contribution is -2.38. The minimum atomic E-state index is -0.640. The summed E-state index contributed by atoms with van der Waals surface area (Å²) in [6.07, 6.45) is 9.37. The maximum Gasteiger partial charge on any atom is 0.162 e. The van der Waals surface area contributed by atoms with Crippen molar-refractivity contribution in [3.05, 3.63) is 77.5 Å². The molecule has 0 aliphatic heterocycles. The fourth-order valence-electron chi connectivity index (χ4n) is 6.17. The summed E-state index contributed by atoms with van der Waals surface area (Å²) >= 11 is 1.69. The highest BCUT2D eigenvalue weighted by Crippen LogP contribution is 2.69. The van der Waals surface area contributed by atoms with Crippen molar-refractivity contribution in [1.29, 1.82) is 0 Å². The van der Waals surface area contributed by atoms with E-state index < -0.39 is 17.0 Å². The Bertz CT molecular complexity index is 1430. The summed E-state index contributed by atoms with van der Waals surface area (Å²) < 4.78 is 30.8. The van der Waals surface area contributed by atoms with Gasteiger partial charge in [-0.05, 0) is 60.3 Å². The number of hydrogen-bond donors (Lipinski definition) is 0. The number of thioether (sulfide) groups is 1. The molecule has 35 heavy (non-hydrogen) atoms. The van der Waals surface area contributed by atoms with E-state index in [4.69, 9.17) is 4.98 Å². The van der Waals surface area contributed by atoms with E-state index in [9.17, 15) is 8.78 Å². The standard InChI is InChI=1S/C26H24F2N6S/c1-25(2)17-7-9-26(25,21-8-10-29-24(31-21)15-12-30-34(13-15)14-35-3)23-16(17)11-20(32-33-23)22-18(27)5-4-6-19(22)28/h4-6,8,10-13,17H,7,9,14H2,1-3H3/t17-,26-/m0/s1. The van der Waals surface area contributed by atoms with Crippen LogP contribution in [0.25, 0.3) is 22.6 Å². The molecule has 2 bridgehead atoms. The molecular weight excluding hydrogens is 466 g/mol. The van der Waals surface area contributed by atoms with Crippen LogP contribution in [0, 0.1) is 17.0 Å². The zero-order valence-electron chi connectivity index (χ0n) is 19.7. The van der Waals surface area contributed by atoms with Crippen LogP contribution in [0.4, 0.5) is 8.78 Å². The normalized spacial score (nSPS) is 21.9. The van der Waals surface area contributed by atoms with E-state index in [2.05, 4.69) is 34.1 Å². The lowest BCUT2D eigenvalue weighted by Gasteiger charge is -2.37. The number of halogens is 2. The summed E-state index contributed by atoms with van der Waals surface area (Å²) in [5, 5.41) is 13.3. The molecule has 2 aliphatic rings. The van der Waals surface area contributed by atoms with Gasteiger partial charge < -0.3 is 0 Å². The van der Waals surface area contributed by atoms with Gasteiger partial charge in [-0.15, -0.1) is 16.9 Å². The molecule has 0 unspecified atom stereocenters. The number of hydrogen-bond acceptors (Lipinski definition) is 6. The lowest BCUT2D eigenvalue weighted by molar-refractivity contribution is 0.243. The molecule has 1 aromatic carbocycles. The van der Waals surface area contributed by atoms with Crippen molar-refractivity contribution in [2.45, 2.75) is 43.9 Å².